The van der Waals surface area contributed by atoms with Crippen molar-refractivity contribution in [2.45, 2.75) is 25.9 Å². The lowest BCUT2D eigenvalue weighted by Crippen LogP contribution is -2.41. The lowest BCUT2D eigenvalue weighted by molar-refractivity contribution is 0.0677. The smallest absolute Gasteiger partial charge is 0.272 e. The number of methoxy groups -OCH3 is 1. The molecule has 0 saturated carbocycles. The molecule has 0 saturated heterocycles. The molecule has 3 aromatic heterocycles. The molecule has 0 bridgehead atoms. The van der Waals surface area contributed by atoms with Gasteiger partial charge in [-0.25, -0.2) is 14.5 Å². The Bertz CT molecular complexity index is 1780. The van der Waals surface area contributed by atoms with E-state index in [9.17, 15) is 14.0 Å². The van der Waals surface area contributed by atoms with Crippen LogP contribution in [0, 0.1) is 5.82 Å². The fourth-order valence-corrected chi connectivity index (χ4v) is 5.03. The van der Waals surface area contributed by atoms with Crippen LogP contribution in [0.1, 0.15) is 40.4 Å². The zero-order valence-electron chi connectivity index (χ0n) is 21.3. The first kappa shape index (κ1) is 24.4. The number of amides is 1. The second-order valence-corrected chi connectivity index (χ2v) is 9.45. The summed E-state index contributed by atoms with van der Waals surface area (Å²) < 4.78 is 22.1. The van der Waals surface area contributed by atoms with Crippen molar-refractivity contribution in [3.8, 4) is 17.4 Å². The Morgan fingerprint density at radius 2 is 1.92 bits per heavy atom. The summed E-state index contributed by atoms with van der Waals surface area (Å²) >= 11 is 0. The number of pyridine rings is 1. The molecule has 1 aliphatic heterocycles. The number of H-pyrrole nitrogens is 1. The van der Waals surface area contributed by atoms with Crippen LogP contribution < -0.4 is 10.3 Å². The number of nitrogens with one attached hydrogen (secondary N) is 1. The first-order valence-electron chi connectivity index (χ1n) is 12.4. The molecule has 1 amide bonds. The number of halogens is 1. The van der Waals surface area contributed by atoms with E-state index in [1.54, 1.807) is 42.3 Å². The Morgan fingerprint density at radius 1 is 1.10 bits per heavy atom. The Morgan fingerprint density at radius 3 is 2.74 bits per heavy atom. The van der Waals surface area contributed by atoms with Gasteiger partial charge in [0.05, 0.1) is 36.3 Å². The molecule has 1 aliphatic rings. The molecule has 196 valence electrons. The van der Waals surface area contributed by atoms with Crippen LogP contribution in [-0.4, -0.2) is 54.4 Å². The van der Waals surface area contributed by atoms with E-state index < -0.39 is 11.7 Å². The monoisotopic (exact) mass is 525 g/mol. The number of benzene rings is 2. The van der Waals surface area contributed by atoms with Crippen LogP contribution in [-0.2, 0) is 13.0 Å². The van der Waals surface area contributed by atoms with Gasteiger partial charge < -0.3 is 14.2 Å². The van der Waals surface area contributed by atoms with Crippen molar-refractivity contribution in [2.75, 3.05) is 13.7 Å². The zero-order chi connectivity index (χ0) is 27.1. The number of carbonyl (C=O) groups is 1. The summed E-state index contributed by atoms with van der Waals surface area (Å²) in [5.74, 6) is 0.588. The molecule has 5 aromatic rings. The van der Waals surface area contributed by atoms with E-state index in [4.69, 9.17) is 4.74 Å². The highest BCUT2D eigenvalue weighted by molar-refractivity contribution is 5.95. The van der Waals surface area contributed by atoms with E-state index in [1.807, 2.05) is 35.8 Å². The third-order valence-corrected chi connectivity index (χ3v) is 6.88. The quantitative estimate of drug-likeness (QED) is 0.373. The largest absolute Gasteiger partial charge is 0.481 e. The Kier molecular flexibility index (Phi) is 6.10. The summed E-state index contributed by atoms with van der Waals surface area (Å²) in [4.78, 5) is 31.7. The van der Waals surface area contributed by atoms with Crippen LogP contribution in [0.2, 0.25) is 0 Å². The number of aromatic nitrogens is 6. The molecule has 0 aliphatic carbocycles. The van der Waals surface area contributed by atoms with Gasteiger partial charge in [0.25, 0.3) is 11.5 Å². The van der Waals surface area contributed by atoms with Gasteiger partial charge in [-0.1, -0.05) is 30.3 Å². The minimum Gasteiger partial charge on any atom is -0.481 e. The molecule has 1 N–H and O–H groups in total. The van der Waals surface area contributed by atoms with Gasteiger partial charge in [0.1, 0.15) is 11.5 Å². The summed E-state index contributed by atoms with van der Waals surface area (Å²) in [7, 11) is 1.55. The molecule has 0 radical (unpaired) electrons. The van der Waals surface area contributed by atoms with Gasteiger partial charge in [-0.05, 0) is 36.8 Å². The Balaban J connectivity index is 1.28. The molecule has 4 heterocycles. The Hall–Kier alpha value is -4.93. The molecule has 39 heavy (non-hydrogen) atoms. The number of aromatic amines is 1. The second kappa shape index (κ2) is 9.75. The highest BCUT2D eigenvalue weighted by atomic mass is 19.1. The van der Waals surface area contributed by atoms with Gasteiger partial charge in [0.2, 0.25) is 5.88 Å². The maximum atomic E-state index is 14.9. The number of nitrogens with zero attached hydrogens (tertiary/aromatic N) is 6. The summed E-state index contributed by atoms with van der Waals surface area (Å²) in [6.45, 7) is 2.47. The highest BCUT2D eigenvalue weighted by Gasteiger charge is 2.31. The molecule has 10 nitrogen and oxygen atoms in total. The summed E-state index contributed by atoms with van der Waals surface area (Å²) in [6.07, 6.45) is 0.319. The predicted molar refractivity (Wildman–Crippen MR) is 141 cm³/mol. The fourth-order valence-electron chi connectivity index (χ4n) is 5.03. The van der Waals surface area contributed by atoms with Crippen molar-refractivity contribution in [3.63, 3.8) is 0 Å². The molecule has 0 fully saturated rings. The van der Waals surface area contributed by atoms with Crippen LogP contribution >= 0.6 is 0 Å². The van der Waals surface area contributed by atoms with E-state index in [2.05, 4.69) is 25.4 Å². The average Bonchev–Trinajstić information content (AvgIpc) is 3.40. The van der Waals surface area contributed by atoms with Crippen molar-refractivity contribution in [2.24, 2.45) is 0 Å². The van der Waals surface area contributed by atoms with Crippen LogP contribution in [0.25, 0.3) is 22.3 Å². The average molecular weight is 526 g/mol. The molecule has 11 heteroatoms. The van der Waals surface area contributed by atoms with Gasteiger partial charge in [-0.2, -0.15) is 5.10 Å². The maximum absolute atomic E-state index is 14.9. The van der Waals surface area contributed by atoms with E-state index >= 15 is 0 Å². The van der Waals surface area contributed by atoms with Crippen LogP contribution in [0.5, 0.6) is 5.88 Å². The maximum Gasteiger partial charge on any atom is 0.272 e. The number of hydrogen-bond donors (Lipinski definition) is 1. The zero-order valence-corrected chi connectivity index (χ0v) is 21.3. The lowest BCUT2D eigenvalue weighted by atomic mass is 10.0. The Labute approximate surface area is 222 Å². The number of hydrogen-bond acceptors (Lipinski definition) is 7. The van der Waals surface area contributed by atoms with E-state index in [-0.39, 0.29) is 23.7 Å². The summed E-state index contributed by atoms with van der Waals surface area (Å²) in [5.41, 5.74) is 1.64. The van der Waals surface area contributed by atoms with Gasteiger partial charge in [0, 0.05) is 24.4 Å². The molecular formula is C28H24FN7O3. The van der Waals surface area contributed by atoms with Crippen LogP contribution in [0.4, 0.5) is 4.39 Å². The summed E-state index contributed by atoms with van der Waals surface area (Å²) in [6, 6.07) is 16.9. The number of rotatable bonds is 5. The number of ether oxygens (including phenoxy) is 1. The van der Waals surface area contributed by atoms with E-state index in [0.29, 0.717) is 58.2 Å². The number of fused-ring (bicyclic) bond motifs is 2. The van der Waals surface area contributed by atoms with Gasteiger partial charge >= 0.3 is 0 Å². The molecule has 0 spiro atoms. The van der Waals surface area contributed by atoms with Gasteiger partial charge in [0.15, 0.2) is 11.6 Å². The minimum atomic E-state index is -0.607. The van der Waals surface area contributed by atoms with E-state index in [0.717, 1.165) is 0 Å². The first-order valence-corrected chi connectivity index (χ1v) is 12.4. The van der Waals surface area contributed by atoms with Crippen molar-refractivity contribution >= 4 is 16.7 Å². The topological polar surface area (TPSA) is 119 Å². The van der Waals surface area contributed by atoms with Gasteiger partial charge in [-0.15, -0.1) is 10.2 Å². The first-order chi connectivity index (χ1) is 18.9. The van der Waals surface area contributed by atoms with Crippen LogP contribution in [0.15, 0.2) is 65.5 Å². The minimum absolute atomic E-state index is 0.0314. The summed E-state index contributed by atoms with van der Waals surface area (Å²) in [5, 5.41) is 16.6. The van der Waals surface area contributed by atoms with Crippen molar-refractivity contribution in [3.05, 3.63) is 99.5 Å². The fraction of sp³-hybridized carbons (Fsp3) is 0.214. The van der Waals surface area contributed by atoms with Crippen molar-refractivity contribution in [1.82, 2.24) is 34.8 Å². The van der Waals surface area contributed by atoms with Gasteiger partial charge in [-0.3, -0.25) is 9.59 Å². The lowest BCUT2D eigenvalue weighted by Gasteiger charge is -2.32. The molecule has 1 unspecified atom stereocenters. The molecule has 1 atom stereocenters. The molecule has 6 rings (SSSR count). The second-order valence-electron chi connectivity index (χ2n) is 9.45. The van der Waals surface area contributed by atoms with Crippen molar-refractivity contribution in [1.29, 1.82) is 0 Å². The third-order valence-electron chi connectivity index (χ3n) is 6.88. The third kappa shape index (κ3) is 4.41. The van der Waals surface area contributed by atoms with Crippen LogP contribution in [0.3, 0.4) is 0 Å². The number of carbonyl (C=O) groups excluding carboxylic acids is 1. The molecular weight excluding hydrogens is 501 g/mol. The van der Waals surface area contributed by atoms with E-state index in [1.165, 1.54) is 6.07 Å². The predicted octanol–water partition coefficient (Wildman–Crippen LogP) is 3.53. The van der Waals surface area contributed by atoms with Crippen molar-refractivity contribution < 1.29 is 13.9 Å². The standard InChI is InChI=1S/C28H24FN7O3/c1-16-14-35(15-24-32-33-26(36(16)24)22-8-5-9-25(30-22)39-2)28(38)20-12-17(10-11-21(20)29)13-23-18-6-3-4-7-19(18)27(37)34-31-23/h3-12,16H,13-15H2,1-2H3,(H,34,37). The highest BCUT2D eigenvalue weighted by Crippen LogP contribution is 2.29. The SMILES string of the molecule is COc1cccc(-c2nnc3n2C(C)CN(C(=O)c2cc(Cc4n[nH]c(=O)c5ccccc45)ccc2F)C3)n1. The normalized spacial score (nSPS) is 14.8. The molecule has 2 aromatic carbocycles.